The Morgan fingerprint density at radius 1 is 1.32 bits per heavy atom. The summed E-state index contributed by atoms with van der Waals surface area (Å²) in [6.45, 7) is 6.72. The molecule has 150 valence electrons. The van der Waals surface area contributed by atoms with Crippen LogP contribution < -0.4 is 5.43 Å². The van der Waals surface area contributed by atoms with Gasteiger partial charge in [0.05, 0.1) is 0 Å². The molecule has 0 saturated heterocycles. The predicted octanol–water partition coefficient (Wildman–Crippen LogP) is 4.29. The molecule has 7 heteroatoms. The van der Waals surface area contributed by atoms with Crippen molar-refractivity contribution in [2.75, 3.05) is 0 Å². The van der Waals surface area contributed by atoms with E-state index in [1.807, 2.05) is 35.9 Å². The molecule has 1 N–H and O–H groups in total. The Bertz CT molecular complexity index is 828. The number of carbonyl (C=O) groups is 1. The maximum atomic E-state index is 12.5. The fourth-order valence-corrected chi connectivity index (χ4v) is 4.42. The van der Waals surface area contributed by atoms with Crippen LogP contribution in [-0.2, 0) is 12.8 Å². The number of nitrogens with zero attached hydrogens (tertiary/aromatic N) is 4. The minimum atomic E-state index is -0.152. The third kappa shape index (κ3) is 5.22. The lowest BCUT2D eigenvalue weighted by atomic mass is 9.76. The average molecular weight is 400 g/mol. The quantitative estimate of drug-likeness (QED) is 0.581. The van der Waals surface area contributed by atoms with Crippen LogP contribution >= 0.6 is 11.8 Å². The molecule has 1 aromatic carbocycles. The fraction of sp³-hybridized carbons (Fsp3) is 0.524. The molecule has 6 nitrogen and oxygen atoms in total. The van der Waals surface area contributed by atoms with E-state index in [2.05, 4.69) is 41.5 Å². The molecule has 0 bridgehead atoms. The van der Waals surface area contributed by atoms with Gasteiger partial charge < -0.3 is 4.57 Å². The molecule has 2 atom stereocenters. The number of aromatic nitrogens is 3. The van der Waals surface area contributed by atoms with Crippen molar-refractivity contribution in [2.24, 2.45) is 29.9 Å². The van der Waals surface area contributed by atoms with Gasteiger partial charge in [0.1, 0.15) is 6.33 Å². The molecule has 1 fully saturated rings. The van der Waals surface area contributed by atoms with Crippen molar-refractivity contribution in [3.05, 3.63) is 41.7 Å². The van der Waals surface area contributed by atoms with Crippen LogP contribution in [0.1, 0.15) is 56.0 Å². The van der Waals surface area contributed by atoms with Gasteiger partial charge in [0, 0.05) is 30.0 Å². The van der Waals surface area contributed by atoms with Crippen LogP contribution in [0.5, 0.6) is 0 Å². The maximum absolute atomic E-state index is 12.5. The highest BCUT2D eigenvalue weighted by Crippen LogP contribution is 2.31. The minimum absolute atomic E-state index is 0.152. The van der Waals surface area contributed by atoms with Gasteiger partial charge in [0.25, 0.3) is 5.91 Å². The van der Waals surface area contributed by atoms with Gasteiger partial charge in [-0.2, -0.15) is 5.10 Å². The molecule has 1 aromatic heterocycles. The largest absolute Gasteiger partial charge is 0.312 e. The molecule has 0 aliphatic heterocycles. The highest BCUT2D eigenvalue weighted by molar-refractivity contribution is 7.98. The summed E-state index contributed by atoms with van der Waals surface area (Å²) in [5.41, 5.74) is 5.68. The van der Waals surface area contributed by atoms with E-state index in [1.165, 1.54) is 6.42 Å². The van der Waals surface area contributed by atoms with Gasteiger partial charge in [-0.15, -0.1) is 10.2 Å². The van der Waals surface area contributed by atoms with Crippen LogP contribution in [0.25, 0.3) is 0 Å². The van der Waals surface area contributed by atoms with E-state index in [0.29, 0.717) is 23.3 Å². The van der Waals surface area contributed by atoms with Gasteiger partial charge in [-0.3, -0.25) is 4.79 Å². The molecular formula is C21H29N5OS. The topological polar surface area (TPSA) is 72.2 Å². The second-order valence-corrected chi connectivity index (χ2v) is 8.93. The highest BCUT2D eigenvalue weighted by Gasteiger charge is 2.27. The molecule has 1 aliphatic carbocycles. The van der Waals surface area contributed by atoms with Gasteiger partial charge in [0.15, 0.2) is 5.16 Å². The number of hydrazone groups is 1. The van der Waals surface area contributed by atoms with Crippen LogP contribution in [0, 0.1) is 17.8 Å². The Labute approximate surface area is 171 Å². The molecule has 28 heavy (non-hydrogen) atoms. The van der Waals surface area contributed by atoms with E-state index in [0.717, 1.165) is 35.0 Å². The Balaban J connectivity index is 1.58. The normalized spacial score (nSPS) is 21.2. The highest BCUT2D eigenvalue weighted by atomic mass is 32.2. The van der Waals surface area contributed by atoms with Gasteiger partial charge >= 0.3 is 0 Å². The second kappa shape index (κ2) is 9.37. The average Bonchev–Trinajstić information content (AvgIpc) is 3.09. The first-order chi connectivity index (χ1) is 13.4. The number of nitrogens with one attached hydrogen (secondary N) is 1. The van der Waals surface area contributed by atoms with Crippen molar-refractivity contribution < 1.29 is 4.79 Å². The Kier molecular flexibility index (Phi) is 6.88. The number of aryl methyl sites for hydroxylation is 1. The van der Waals surface area contributed by atoms with E-state index in [-0.39, 0.29) is 5.91 Å². The monoisotopic (exact) mass is 399 g/mol. The van der Waals surface area contributed by atoms with Crippen molar-refractivity contribution in [2.45, 2.75) is 50.9 Å². The summed E-state index contributed by atoms with van der Waals surface area (Å²) in [6.07, 6.45) is 5.06. The first-order valence-electron chi connectivity index (χ1n) is 9.86. The summed E-state index contributed by atoms with van der Waals surface area (Å²) in [5, 5.41) is 13.3. The van der Waals surface area contributed by atoms with Crippen molar-refractivity contribution in [3.63, 3.8) is 0 Å². The zero-order valence-corrected chi connectivity index (χ0v) is 17.9. The van der Waals surface area contributed by atoms with Crippen molar-refractivity contribution in [1.29, 1.82) is 0 Å². The van der Waals surface area contributed by atoms with Crippen molar-refractivity contribution in [3.8, 4) is 0 Å². The molecule has 0 spiro atoms. The second-order valence-electron chi connectivity index (χ2n) is 7.99. The van der Waals surface area contributed by atoms with Crippen LogP contribution in [0.4, 0.5) is 0 Å². The Morgan fingerprint density at radius 2 is 2.07 bits per heavy atom. The fourth-order valence-electron chi connectivity index (χ4n) is 3.58. The Morgan fingerprint density at radius 3 is 2.71 bits per heavy atom. The number of carbonyl (C=O) groups excluding carboxylic acids is 1. The zero-order chi connectivity index (χ0) is 20.1. The van der Waals surface area contributed by atoms with Gasteiger partial charge in [0.2, 0.25) is 0 Å². The summed E-state index contributed by atoms with van der Waals surface area (Å²) >= 11 is 1.62. The van der Waals surface area contributed by atoms with E-state index < -0.39 is 0 Å². The van der Waals surface area contributed by atoms with Crippen LogP contribution in [0.15, 0.2) is 40.9 Å². The van der Waals surface area contributed by atoms with Crippen LogP contribution in [0.3, 0.4) is 0 Å². The smallest absolute Gasteiger partial charge is 0.271 e. The van der Waals surface area contributed by atoms with E-state index >= 15 is 0 Å². The number of thioether (sulfide) groups is 1. The Hall–Kier alpha value is -2.15. The molecule has 3 rings (SSSR count). The third-order valence-electron chi connectivity index (χ3n) is 5.32. The number of amides is 1. The minimum Gasteiger partial charge on any atom is -0.312 e. The van der Waals surface area contributed by atoms with E-state index in [9.17, 15) is 4.79 Å². The molecule has 1 aliphatic rings. The lowest BCUT2D eigenvalue weighted by Crippen LogP contribution is -2.31. The summed E-state index contributed by atoms with van der Waals surface area (Å²) < 4.78 is 1.89. The maximum Gasteiger partial charge on any atom is 0.271 e. The molecule has 2 aromatic rings. The lowest BCUT2D eigenvalue weighted by Gasteiger charge is -2.30. The number of hydrogen-bond acceptors (Lipinski definition) is 5. The number of rotatable bonds is 6. The standard InChI is InChI=1S/C21H29N5OS/c1-14(2)18-10-5-15(3)11-19(18)23-24-20(27)17-8-6-16(7-9-17)12-28-21-25-22-13-26(21)4/h6-9,13-15,18H,5,10-12H2,1-4H3,(H,24,27)/t15-,18+/m1/s1. The summed E-state index contributed by atoms with van der Waals surface area (Å²) in [7, 11) is 1.92. The van der Waals surface area contributed by atoms with Crippen LogP contribution in [0.2, 0.25) is 0 Å². The first kappa shape index (κ1) is 20.6. The van der Waals surface area contributed by atoms with Crippen molar-refractivity contribution in [1.82, 2.24) is 20.2 Å². The SMILES string of the molecule is CC(C)[C@@H]1CC[C@@H](C)CC1=NNC(=O)c1ccc(CSc2nncn2C)cc1. The number of benzene rings is 1. The van der Waals surface area contributed by atoms with Crippen molar-refractivity contribution >= 4 is 23.4 Å². The summed E-state index contributed by atoms with van der Waals surface area (Å²) in [5.74, 6) is 2.28. The van der Waals surface area contributed by atoms with Gasteiger partial charge in [-0.05, 0) is 48.8 Å². The van der Waals surface area contributed by atoms with Crippen LogP contribution in [-0.4, -0.2) is 26.4 Å². The van der Waals surface area contributed by atoms with Gasteiger partial charge in [-0.1, -0.05) is 44.7 Å². The molecule has 1 saturated carbocycles. The molecule has 1 amide bonds. The third-order valence-corrected chi connectivity index (χ3v) is 6.42. The molecule has 0 radical (unpaired) electrons. The summed E-state index contributed by atoms with van der Waals surface area (Å²) in [4.78, 5) is 12.5. The van der Waals surface area contributed by atoms with E-state index in [1.54, 1.807) is 18.1 Å². The van der Waals surface area contributed by atoms with Gasteiger partial charge in [-0.25, -0.2) is 5.43 Å². The molecule has 1 heterocycles. The first-order valence-corrected chi connectivity index (χ1v) is 10.8. The summed E-state index contributed by atoms with van der Waals surface area (Å²) in [6, 6.07) is 7.66. The zero-order valence-electron chi connectivity index (χ0n) is 17.1. The molecule has 0 unspecified atom stereocenters. The molecular weight excluding hydrogens is 370 g/mol. The predicted molar refractivity (Wildman–Crippen MR) is 113 cm³/mol. The van der Waals surface area contributed by atoms with E-state index in [4.69, 9.17) is 0 Å². The number of hydrogen-bond donors (Lipinski definition) is 1. The lowest BCUT2D eigenvalue weighted by molar-refractivity contribution is 0.0954.